The quantitative estimate of drug-likeness (QED) is 0.572. The summed E-state index contributed by atoms with van der Waals surface area (Å²) < 4.78 is 1.92. The molecule has 4 aromatic rings. The molecule has 1 aliphatic heterocycles. The van der Waals surface area contributed by atoms with Crippen molar-refractivity contribution < 1.29 is 0 Å². The molecular formula is C24H23N5O. The first-order chi connectivity index (χ1) is 14.7. The van der Waals surface area contributed by atoms with Gasteiger partial charge in [-0.2, -0.15) is 5.10 Å². The van der Waals surface area contributed by atoms with Gasteiger partial charge in [-0.3, -0.25) is 9.69 Å². The van der Waals surface area contributed by atoms with E-state index in [0.29, 0.717) is 12.4 Å². The molecule has 0 fully saturated rings. The zero-order valence-electron chi connectivity index (χ0n) is 16.9. The van der Waals surface area contributed by atoms with Crippen molar-refractivity contribution in [1.29, 1.82) is 0 Å². The van der Waals surface area contributed by atoms with Gasteiger partial charge in [0.05, 0.1) is 22.6 Å². The number of para-hydroxylation sites is 1. The molecule has 6 heteroatoms. The average Bonchev–Trinajstić information content (AvgIpc) is 3.15. The second-order valence-corrected chi connectivity index (χ2v) is 7.69. The molecule has 0 amide bonds. The number of fused-ring (bicyclic) bond motifs is 1. The largest absolute Gasteiger partial charge is 0.306 e. The van der Waals surface area contributed by atoms with E-state index in [1.54, 1.807) is 0 Å². The van der Waals surface area contributed by atoms with Crippen LogP contribution in [0.15, 0.2) is 71.7 Å². The number of rotatable bonds is 4. The summed E-state index contributed by atoms with van der Waals surface area (Å²) in [4.78, 5) is 22.8. The Morgan fingerprint density at radius 3 is 2.53 bits per heavy atom. The molecule has 1 aliphatic rings. The van der Waals surface area contributed by atoms with Gasteiger partial charge >= 0.3 is 0 Å². The molecule has 150 valence electrons. The van der Waals surface area contributed by atoms with E-state index < -0.39 is 0 Å². The van der Waals surface area contributed by atoms with Gasteiger partial charge in [0.1, 0.15) is 5.82 Å². The molecule has 0 unspecified atom stereocenters. The van der Waals surface area contributed by atoms with Crippen LogP contribution < -0.4 is 5.56 Å². The van der Waals surface area contributed by atoms with Crippen molar-refractivity contribution in [2.24, 2.45) is 0 Å². The third-order valence-corrected chi connectivity index (χ3v) is 5.61. The normalized spacial score (nSPS) is 13.9. The van der Waals surface area contributed by atoms with Crippen molar-refractivity contribution in [3.8, 4) is 17.1 Å². The third kappa shape index (κ3) is 3.57. The highest BCUT2D eigenvalue weighted by molar-refractivity contribution is 5.54. The fourth-order valence-electron chi connectivity index (χ4n) is 3.95. The Kier molecular flexibility index (Phi) is 4.77. The van der Waals surface area contributed by atoms with Gasteiger partial charge in [0.25, 0.3) is 5.56 Å². The number of hydrogen-bond donors (Lipinski definition) is 1. The maximum absolute atomic E-state index is 12.8. The SMILES string of the molecule is Cc1nn(-c2ccccc2)cc1CN1CCc2nc(-c3ccccc3)[nH]c(=O)c2C1. The standard InChI is InChI=1S/C24H23N5O/c1-17-19(15-29(27-17)20-10-6-3-7-11-20)14-28-13-12-22-21(16-28)24(30)26-23(25-22)18-8-4-2-5-9-18/h2-11,15H,12-14,16H2,1H3,(H,25,26,30). The summed E-state index contributed by atoms with van der Waals surface area (Å²) in [5.41, 5.74) is 5.80. The molecule has 2 aromatic carbocycles. The van der Waals surface area contributed by atoms with Gasteiger partial charge < -0.3 is 4.98 Å². The Hall–Kier alpha value is -3.51. The molecule has 0 aliphatic carbocycles. The van der Waals surface area contributed by atoms with Crippen LogP contribution in [0.5, 0.6) is 0 Å². The topological polar surface area (TPSA) is 66.8 Å². The van der Waals surface area contributed by atoms with Crippen molar-refractivity contribution in [3.05, 3.63) is 99.7 Å². The highest BCUT2D eigenvalue weighted by atomic mass is 16.1. The minimum absolute atomic E-state index is 0.0414. The van der Waals surface area contributed by atoms with Crippen molar-refractivity contribution in [3.63, 3.8) is 0 Å². The van der Waals surface area contributed by atoms with Gasteiger partial charge in [0.15, 0.2) is 0 Å². The Bertz CT molecular complexity index is 1230. The first-order valence-electron chi connectivity index (χ1n) is 10.2. The predicted octanol–water partition coefficient (Wildman–Crippen LogP) is 3.49. The number of nitrogens with one attached hydrogen (secondary N) is 1. The summed E-state index contributed by atoms with van der Waals surface area (Å²) in [6.07, 6.45) is 2.85. The van der Waals surface area contributed by atoms with Crippen LogP contribution in [0.4, 0.5) is 0 Å². The van der Waals surface area contributed by atoms with Crippen LogP contribution in [0.1, 0.15) is 22.5 Å². The van der Waals surface area contributed by atoms with Gasteiger partial charge in [0.2, 0.25) is 0 Å². The Morgan fingerprint density at radius 2 is 1.77 bits per heavy atom. The van der Waals surface area contributed by atoms with Crippen molar-refractivity contribution in [1.82, 2.24) is 24.6 Å². The van der Waals surface area contributed by atoms with Gasteiger partial charge in [-0.05, 0) is 19.1 Å². The second-order valence-electron chi connectivity index (χ2n) is 7.69. The monoisotopic (exact) mass is 397 g/mol. The molecular weight excluding hydrogens is 374 g/mol. The van der Waals surface area contributed by atoms with Crippen LogP contribution in [0.3, 0.4) is 0 Å². The van der Waals surface area contributed by atoms with Crippen LogP contribution in [0.25, 0.3) is 17.1 Å². The second kappa shape index (κ2) is 7.72. The summed E-state index contributed by atoms with van der Waals surface area (Å²) in [5.74, 6) is 0.646. The van der Waals surface area contributed by atoms with Gasteiger partial charge in [-0.15, -0.1) is 0 Å². The zero-order valence-corrected chi connectivity index (χ0v) is 16.9. The van der Waals surface area contributed by atoms with E-state index >= 15 is 0 Å². The van der Waals surface area contributed by atoms with E-state index in [1.807, 2.05) is 72.3 Å². The Morgan fingerprint density at radius 1 is 1.03 bits per heavy atom. The zero-order chi connectivity index (χ0) is 20.5. The molecule has 30 heavy (non-hydrogen) atoms. The Balaban J connectivity index is 1.37. The van der Waals surface area contributed by atoms with Crippen LogP contribution >= 0.6 is 0 Å². The summed E-state index contributed by atoms with van der Waals surface area (Å²) in [6.45, 7) is 4.27. The maximum Gasteiger partial charge on any atom is 0.255 e. The van der Waals surface area contributed by atoms with E-state index in [0.717, 1.165) is 47.7 Å². The first kappa shape index (κ1) is 18.5. The number of H-pyrrole nitrogens is 1. The van der Waals surface area contributed by atoms with E-state index in [9.17, 15) is 4.79 Å². The highest BCUT2D eigenvalue weighted by Crippen LogP contribution is 2.21. The average molecular weight is 397 g/mol. The molecule has 0 spiro atoms. The van der Waals surface area contributed by atoms with Gasteiger partial charge in [-0.25, -0.2) is 9.67 Å². The minimum Gasteiger partial charge on any atom is -0.306 e. The molecule has 6 nitrogen and oxygen atoms in total. The molecule has 3 heterocycles. The fraction of sp³-hybridized carbons (Fsp3) is 0.208. The number of benzene rings is 2. The van der Waals surface area contributed by atoms with Crippen LogP contribution in [0.2, 0.25) is 0 Å². The molecule has 0 radical (unpaired) electrons. The fourth-order valence-corrected chi connectivity index (χ4v) is 3.95. The van der Waals surface area contributed by atoms with E-state index in [-0.39, 0.29) is 5.56 Å². The van der Waals surface area contributed by atoms with Gasteiger partial charge in [0, 0.05) is 43.4 Å². The number of aryl methyl sites for hydroxylation is 1. The number of aromatic amines is 1. The molecule has 2 aromatic heterocycles. The number of nitrogens with zero attached hydrogens (tertiary/aromatic N) is 4. The van der Waals surface area contributed by atoms with E-state index in [2.05, 4.69) is 21.2 Å². The first-order valence-corrected chi connectivity index (χ1v) is 10.2. The molecule has 0 bridgehead atoms. The van der Waals surface area contributed by atoms with E-state index in [4.69, 9.17) is 4.98 Å². The molecule has 0 atom stereocenters. The summed E-state index contributed by atoms with van der Waals surface area (Å²) >= 11 is 0. The van der Waals surface area contributed by atoms with Crippen molar-refractivity contribution >= 4 is 0 Å². The highest BCUT2D eigenvalue weighted by Gasteiger charge is 2.22. The number of hydrogen-bond acceptors (Lipinski definition) is 4. The van der Waals surface area contributed by atoms with Crippen molar-refractivity contribution in [2.75, 3.05) is 6.54 Å². The maximum atomic E-state index is 12.8. The lowest BCUT2D eigenvalue weighted by Gasteiger charge is -2.27. The summed E-state index contributed by atoms with van der Waals surface area (Å²) in [5, 5.41) is 4.66. The van der Waals surface area contributed by atoms with Crippen molar-refractivity contribution in [2.45, 2.75) is 26.4 Å². The lowest BCUT2D eigenvalue weighted by Crippen LogP contribution is -2.35. The summed E-state index contributed by atoms with van der Waals surface area (Å²) in [7, 11) is 0. The Labute approximate surface area is 174 Å². The van der Waals surface area contributed by atoms with E-state index in [1.165, 1.54) is 5.56 Å². The molecule has 5 rings (SSSR count). The molecule has 0 saturated carbocycles. The lowest BCUT2D eigenvalue weighted by atomic mass is 10.1. The van der Waals surface area contributed by atoms with Crippen LogP contribution in [-0.4, -0.2) is 31.2 Å². The smallest absolute Gasteiger partial charge is 0.255 e. The predicted molar refractivity (Wildman–Crippen MR) is 116 cm³/mol. The summed E-state index contributed by atoms with van der Waals surface area (Å²) in [6, 6.07) is 19.9. The third-order valence-electron chi connectivity index (χ3n) is 5.61. The van der Waals surface area contributed by atoms with Crippen LogP contribution in [-0.2, 0) is 19.5 Å². The minimum atomic E-state index is -0.0414. The lowest BCUT2D eigenvalue weighted by molar-refractivity contribution is 0.241. The number of aromatic nitrogens is 4. The van der Waals surface area contributed by atoms with Crippen LogP contribution in [0, 0.1) is 6.92 Å². The van der Waals surface area contributed by atoms with Gasteiger partial charge in [-0.1, -0.05) is 48.5 Å². The molecule has 0 saturated heterocycles. The molecule has 1 N–H and O–H groups in total.